The molecule has 124 valence electrons. The van der Waals surface area contributed by atoms with Gasteiger partial charge in [0.15, 0.2) is 0 Å². The summed E-state index contributed by atoms with van der Waals surface area (Å²) in [6, 6.07) is 15.5. The van der Waals surface area contributed by atoms with Gasteiger partial charge in [0.05, 0.1) is 11.8 Å². The Morgan fingerprint density at radius 3 is 2.58 bits per heavy atom. The number of aliphatic hydroxyl groups excluding tert-OH is 1. The Morgan fingerprint density at radius 1 is 1.17 bits per heavy atom. The van der Waals surface area contributed by atoms with E-state index in [1.165, 1.54) is 6.33 Å². The van der Waals surface area contributed by atoms with Gasteiger partial charge in [-0.1, -0.05) is 41.9 Å². The molecule has 3 rings (SSSR count). The smallest absolute Gasteiger partial charge is 0.138 e. The van der Waals surface area contributed by atoms with Crippen molar-refractivity contribution in [3.63, 3.8) is 0 Å². The van der Waals surface area contributed by atoms with Crippen LogP contribution in [0.1, 0.15) is 30.2 Å². The van der Waals surface area contributed by atoms with Crippen LogP contribution in [0.4, 0.5) is 0 Å². The van der Waals surface area contributed by atoms with Gasteiger partial charge in [-0.05, 0) is 30.7 Å². The van der Waals surface area contributed by atoms with Crippen LogP contribution in [-0.4, -0.2) is 26.4 Å². The molecular weight excluding hydrogens is 324 g/mol. The zero-order valence-corrected chi connectivity index (χ0v) is 14.1. The molecular formula is C18H19ClN4O. The lowest BCUT2D eigenvalue weighted by atomic mass is 10.1. The van der Waals surface area contributed by atoms with E-state index in [1.807, 2.05) is 42.5 Å². The minimum Gasteiger partial charge on any atom is -0.387 e. The molecule has 0 aliphatic rings. The molecule has 3 aromatic rings. The van der Waals surface area contributed by atoms with E-state index < -0.39 is 6.10 Å². The van der Waals surface area contributed by atoms with Crippen molar-refractivity contribution >= 4 is 11.6 Å². The van der Waals surface area contributed by atoms with Crippen LogP contribution in [0, 0.1) is 0 Å². The standard InChI is InChI=1S/C18H19ClN4O/c1-13(21-10-18(24)16-4-2-3-5-17(16)19)14-6-8-15(9-7-14)23-12-20-11-22-23/h2-9,11-13,18,21,24H,10H2,1H3. The molecule has 0 amide bonds. The maximum absolute atomic E-state index is 10.3. The van der Waals surface area contributed by atoms with Crippen molar-refractivity contribution in [3.05, 3.63) is 77.3 Å². The van der Waals surface area contributed by atoms with Crippen LogP contribution in [0.2, 0.25) is 5.02 Å². The van der Waals surface area contributed by atoms with E-state index in [-0.39, 0.29) is 6.04 Å². The average molecular weight is 343 g/mol. The van der Waals surface area contributed by atoms with Crippen molar-refractivity contribution in [2.75, 3.05) is 6.54 Å². The van der Waals surface area contributed by atoms with E-state index in [0.717, 1.165) is 16.8 Å². The Kier molecular flexibility index (Phi) is 5.25. The fourth-order valence-corrected chi connectivity index (χ4v) is 2.78. The number of nitrogens with zero attached hydrogens (tertiary/aromatic N) is 3. The molecule has 0 radical (unpaired) electrons. The summed E-state index contributed by atoms with van der Waals surface area (Å²) in [5.74, 6) is 0. The van der Waals surface area contributed by atoms with E-state index in [1.54, 1.807) is 17.1 Å². The van der Waals surface area contributed by atoms with Crippen LogP contribution in [0.3, 0.4) is 0 Å². The zero-order valence-electron chi connectivity index (χ0n) is 13.3. The van der Waals surface area contributed by atoms with Crippen LogP contribution in [0.25, 0.3) is 5.69 Å². The molecule has 6 heteroatoms. The second kappa shape index (κ2) is 7.57. The number of rotatable bonds is 6. The van der Waals surface area contributed by atoms with Crippen LogP contribution in [-0.2, 0) is 0 Å². The summed E-state index contributed by atoms with van der Waals surface area (Å²) in [6.45, 7) is 2.49. The third-order valence-corrected chi connectivity index (χ3v) is 4.30. The van der Waals surface area contributed by atoms with Crippen LogP contribution in [0.5, 0.6) is 0 Å². The highest BCUT2D eigenvalue weighted by molar-refractivity contribution is 6.31. The van der Waals surface area contributed by atoms with Crippen LogP contribution >= 0.6 is 11.6 Å². The molecule has 5 nitrogen and oxygen atoms in total. The van der Waals surface area contributed by atoms with Crippen molar-refractivity contribution < 1.29 is 5.11 Å². The molecule has 0 saturated carbocycles. The molecule has 1 aromatic heterocycles. The van der Waals surface area contributed by atoms with Gasteiger partial charge in [-0.25, -0.2) is 9.67 Å². The normalized spacial score (nSPS) is 13.6. The van der Waals surface area contributed by atoms with Gasteiger partial charge in [0.25, 0.3) is 0 Å². The molecule has 24 heavy (non-hydrogen) atoms. The van der Waals surface area contributed by atoms with E-state index in [4.69, 9.17) is 11.6 Å². The molecule has 1 heterocycles. The quantitative estimate of drug-likeness (QED) is 0.721. The molecule has 0 fully saturated rings. The van der Waals surface area contributed by atoms with E-state index in [9.17, 15) is 5.11 Å². The summed E-state index contributed by atoms with van der Waals surface area (Å²) in [5, 5.41) is 18.3. The number of aliphatic hydroxyl groups is 1. The molecule has 0 aliphatic carbocycles. The summed E-state index contributed by atoms with van der Waals surface area (Å²) < 4.78 is 1.71. The molecule has 2 N–H and O–H groups in total. The summed E-state index contributed by atoms with van der Waals surface area (Å²) in [4.78, 5) is 3.94. The Hall–Kier alpha value is -2.21. The third-order valence-electron chi connectivity index (χ3n) is 3.96. The molecule has 2 unspecified atom stereocenters. The lowest BCUT2D eigenvalue weighted by molar-refractivity contribution is 0.171. The summed E-state index contributed by atoms with van der Waals surface area (Å²) in [6.07, 6.45) is 2.53. The first-order valence-electron chi connectivity index (χ1n) is 7.76. The molecule has 2 atom stereocenters. The maximum Gasteiger partial charge on any atom is 0.138 e. The lowest BCUT2D eigenvalue weighted by Crippen LogP contribution is -2.24. The number of nitrogens with one attached hydrogen (secondary N) is 1. The average Bonchev–Trinajstić information content (AvgIpc) is 3.14. The van der Waals surface area contributed by atoms with Crippen molar-refractivity contribution in [1.29, 1.82) is 0 Å². The Morgan fingerprint density at radius 2 is 1.92 bits per heavy atom. The van der Waals surface area contributed by atoms with Crippen LogP contribution < -0.4 is 5.32 Å². The third kappa shape index (κ3) is 3.82. The molecule has 2 aromatic carbocycles. The largest absolute Gasteiger partial charge is 0.387 e. The Labute approximate surface area is 145 Å². The van der Waals surface area contributed by atoms with Crippen molar-refractivity contribution in [1.82, 2.24) is 20.1 Å². The highest BCUT2D eigenvalue weighted by atomic mass is 35.5. The number of benzene rings is 2. The highest BCUT2D eigenvalue weighted by Gasteiger charge is 2.13. The van der Waals surface area contributed by atoms with Gasteiger partial charge in [-0.2, -0.15) is 5.10 Å². The summed E-state index contributed by atoms with van der Waals surface area (Å²) in [5.41, 5.74) is 2.82. The van der Waals surface area contributed by atoms with Crippen molar-refractivity contribution in [2.24, 2.45) is 0 Å². The van der Waals surface area contributed by atoms with Gasteiger partial charge < -0.3 is 10.4 Å². The van der Waals surface area contributed by atoms with E-state index >= 15 is 0 Å². The van der Waals surface area contributed by atoms with Gasteiger partial charge in [0.1, 0.15) is 12.7 Å². The van der Waals surface area contributed by atoms with Gasteiger partial charge in [-0.3, -0.25) is 0 Å². The van der Waals surface area contributed by atoms with Crippen LogP contribution in [0.15, 0.2) is 61.2 Å². The van der Waals surface area contributed by atoms with Gasteiger partial charge in [0.2, 0.25) is 0 Å². The Balaban J connectivity index is 1.61. The SMILES string of the molecule is CC(NCC(O)c1ccccc1Cl)c1ccc(-n2cncn2)cc1. The molecule has 0 saturated heterocycles. The predicted octanol–water partition coefficient (Wildman–Crippen LogP) is 3.30. The number of halogens is 1. The second-order valence-corrected chi connectivity index (χ2v) is 6.01. The number of hydrogen-bond donors (Lipinski definition) is 2. The van der Waals surface area contributed by atoms with Gasteiger partial charge in [0, 0.05) is 23.2 Å². The maximum atomic E-state index is 10.3. The van der Waals surface area contributed by atoms with Crippen molar-refractivity contribution in [3.8, 4) is 5.69 Å². The monoisotopic (exact) mass is 342 g/mol. The molecule has 0 aliphatic heterocycles. The van der Waals surface area contributed by atoms with Crippen molar-refractivity contribution in [2.45, 2.75) is 19.1 Å². The number of aromatic nitrogens is 3. The topological polar surface area (TPSA) is 63.0 Å². The summed E-state index contributed by atoms with van der Waals surface area (Å²) in [7, 11) is 0. The highest BCUT2D eigenvalue weighted by Crippen LogP contribution is 2.23. The van der Waals surface area contributed by atoms with Gasteiger partial charge >= 0.3 is 0 Å². The first-order valence-corrected chi connectivity index (χ1v) is 8.14. The Bertz CT molecular complexity index is 774. The minimum absolute atomic E-state index is 0.104. The van der Waals surface area contributed by atoms with E-state index in [0.29, 0.717) is 11.6 Å². The summed E-state index contributed by atoms with van der Waals surface area (Å²) >= 11 is 6.12. The zero-order chi connectivity index (χ0) is 16.9. The molecule has 0 spiro atoms. The first-order chi connectivity index (χ1) is 11.6. The lowest BCUT2D eigenvalue weighted by Gasteiger charge is -2.18. The van der Waals surface area contributed by atoms with E-state index in [2.05, 4.69) is 22.3 Å². The number of hydrogen-bond acceptors (Lipinski definition) is 4. The fraction of sp³-hybridized carbons (Fsp3) is 0.222. The predicted molar refractivity (Wildman–Crippen MR) is 94.2 cm³/mol. The minimum atomic E-state index is -0.643. The molecule has 0 bridgehead atoms. The van der Waals surface area contributed by atoms with Gasteiger partial charge in [-0.15, -0.1) is 0 Å². The first kappa shape index (κ1) is 16.6. The second-order valence-electron chi connectivity index (χ2n) is 5.60. The fourth-order valence-electron chi connectivity index (χ4n) is 2.52.